The fourth-order valence-electron chi connectivity index (χ4n) is 6.53. The monoisotopic (exact) mass is 865 g/mol. The summed E-state index contributed by atoms with van der Waals surface area (Å²) in [5, 5.41) is 13.4. The normalized spacial score (nSPS) is 17.4. The molecule has 0 saturated carbocycles. The minimum Gasteiger partial charge on any atom is -0.512 e. The number of aliphatic hydroxyl groups is 1. The first-order chi connectivity index (χ1) is 23.7. The number of hydrogen-bond donors (Lipinski definition) is 1. The van der Waals surface area contributed by atoms with Crippen LogP contribution in [0.4, 0.5) is 0 Å². The SMILES string of the molecule is CCC(C)(CC)C(=O)/C=C(\O)C(C)(CC)CC.Cc1cc2c(C3=CC4C=CC=CC4O3)cc(-c3[c-]c4ccccc4c(C(C)(C)C)c3)nc2o1.[Ir]. The minimum atomic E-state index is -0.337. The van der Waals surface area contributed by atoms with Crippen LogP contribution in [0.1, 0.15) is 105 Å². The second kappa shape index (κ2) is 15.9. The molecule has 2 aliphatic rings. The predicted molar refractivity (Wildman–Crippen MR) is 207 cm³/mol. The van der Waals surface area contributed by atoms with Gasteiger partial charge in [-0.25, -0.2) is 0 Å². The summed E-state index contributed by atoms with van der Waals surface area (Å²) in [4.78, 5) is 17.1. The summed E-state index contributed by atoms with van der Waals surface area (Å²) in [5.41, 5.74) is 4.12. The Balaban J connectivity index is 0.000000279. The van der Waals surface area contributed by atoms with Crippen LogP contribution in [-0.2, 0) is 35.1 Å². The van der Waals surface area contributed by atoms with Crippen LogP contribution in [0.15, 0.2) is 89.1 Å². The van der Waals surface area contributed by atoms with Gasteiger partial charge < -0.3 is 14.3 Å². The van der Waals surface area contributed by atoms with Crippen LogP contribution in [0.5, 0.6) is 0 Å². The number of pyridine rings is 1. The first kappa shape index (κ1) is 40.0. The molecular weight excluding hydrogens is 811 g/mol. The van der Waals surface area contributed by atoms with E-state index < -0.39 is 0 Å². The molecule has 2 aromatic heterocycles. The average molecular weight is 865 g/mol. The first-order valence-electron chi connectivity index (χ1n) is 18.2. The first-order valence-corrected chi connectivity index (χ1v) is 18.2. The van der Waals surface area contributed by atoms with Crippen molar-refractivity contribution < 1.29 is 39.2 Å². The average Bonchev–Trinajstić information content (AvgIpc) is 3.72. The Bertz CT molecular complexity index is 2000. The molecular formula is C45H54IrNO4-. The molecule has 6 rings (SSSR count). The smallest absolute Gasteiger partial charge is 0.219 e. The number of ether oxygens (including phenoxy) is 1. The van der Waals surface area contributed by atoms with Gasteiger partial charge in [-0.3, -0.25) is 9.78 Å². The zero-order valence-electron chi connectivity index (χ0n) is 31.9. The zero-order chi connectivity index (χ0) is 36.4. The number of aryl methyl sites for hydroxylation is 1. The number of carbonyl (C=O) groups excluding carboxylic acids is 1. The van der Waals surface area contributed by atoms with Crippen LogP contribution in [0.2, 0.25) is 0 Å². The maximum absolute atomic E-state index is 12.2. The van der Waals surface area contributed by atoms with Crippen LogP contribution in [-0.4, -0.2) is 22.0 Å². The second-order valence-electron chi connectivity index (χ2n) is 15.4. The number of rotatable bonds is 9. The molecule has 51 heavy (non-hydrogen) atoms. The van der Waals surface area contributed by atoms with Crippen molar-refractivity contribution in [1.82, 2.24) is 4.98 Å². The Morgan fingerprint density at radius 2 is 1.55 bits per heavy atom. The maximum Gasteiger partial charge on any atom is 0.219 e. The van der Waals surface area contributed by atoms with Gasteiger partial charge in [0.1, 0.15) is 23.4 Å². The third-order valence-electron chi connectivity index (χ3n) is 11.1. The summed E-state index contributed by atoms with van der Waals surface area (Å²) >= 11 is 0. The van der Waals surface area contributed by atoms with Crippen LogP contribution < -0.4 is 0 Å². The molecule has 3 heterocycles. The third-order valence-corrected chi connectivity index (χ3v) is 11.1. The van der Waals surface area contributed by atoms with Gasteiger partial charge in [0.25, 0.3) is 0 Å². The number of aromatic nitrogens is 1. The Labute approximate surface area is 318 Å². The van der Waals surface area contributed by atoms with Crippen LogP contribution >= 0.6 is 0 Å². The number of aliphatic hydroxyl groups excluding tert-OH is 1. The number of furan rings is 1. The van der Waals surface area contributed by atoms with Gasteiger partial charge >= 0.3 is 0 Å². The molecule has 1 radical (unpaired) electrons. The fraction of sp³-hybridized carbons (Fsp3) is 0.422. The Morgan fingerprint density at radius 1 is 0.902 bits per heavy atom. The van der Waals surface area contributed by atoms with Crippen LogP contribution in [0.25, 0.3) is 38.9 Å². The molecule has 4 aromatic rings. The van der Waals surface area contributed by atoms with E-state index in [0.29, 0.717) is 5.71 Å². The van der Waals surface area contributed by atoms with E-state index in [1.807, 2.05) is 60.6 Å². The van der Waals surface area contributed by atoms with Crippen molar-refractivity contribution in [2.75, 3.05) is 0 Å². The van der Waals surface area contributed by atoms with Crippen molar-refractivity contribution in [2.24, 2.45) is 16.7 Å². The number of fused-ring (bicyclic) bond motifs is 3. The van der Waals surface area contributed by atoms with Gasteiger partial charge in [-0.15, -0.1) is 29.1 Å². The molecule has 2 aromatic carbocycles. The van der Waals surface area contributed by atoms with Gasteiger partial charge in [-0.1, -0.05) is 116 Å². The number of nitrogens with zero attached hydrogens (tertiary/aromatic N) is 1. The molecule has 2 unspecified atom stereocenters. The van der Waals surface area contributed by atoms with E-state index in [1.54, 1.807) is 0 Å². The molecule has 1 aliphatic heterocycles. The van der Waals surface area contributed by atoms with Gasteiger partial charge in [0, 0.05) is 54.2 Å². The van der Waals surface area contributed by atoms with Gasteiger partial charge in [-0.05, 0) is 56.2 Å². The molecule has 0 bridgehead atoms. The third kappa shape index (κ3) is 8.34. The van der Waals surface area contributed by atoms with Crippen molar-refractivity contribution in [1.29, 1.82) is 0 Å². The van der Waals surface area contributed by atoms with Crippen molar-refractivity contribution in [3.63, 3.8) is 0 Å². The van der Waals surface area contributed by atoms with Gasteiger partial charge in [0.15, 0.2) is 5.78 Å². The standard InChI is InChI=1S/C30H26NO2.C15H28O2.Ir/c1-18-13-24-23(28-16-20-10-6-8-12-27(20)33-28)17-26(31-29(24)32-18)21-14-19-9-5-7-11-22(19)25(15-21)30(2,3)4;1-7-14(5,8-2)12(16)11-13(17)15(6,9-3)10-4;/h5-13,15-17,20,27H,1-4H3;11,16H,7-10H2,1-6H3;/q-1;;/b;12-11-;. The topological polar surface area (TPSA) is 72.6 Å². The minimum absolute atomic E-state index is 0. The molecule has 0 saturated heterocycles. The zero-order valence-corrected chi connectivity index (χ0v) is 34.3. The van der Waals surface area contributed by atoms with Crippen LogP contribution in [0.3, 0.4) is 0 Å². The quantitative estimate of drug-likeness (QED) is 0.103. The molecule has 1 aliphatic carbocycles. The molecule has 5 nitrogen and oxygen atoms in total. The number of hydrogen-bond acceptors (Lipinski definition) is 5. The summed E-state index contributed by atoms with van der Waals surface area (Å²) in [7, 11) is 0. The van der Waals surface area contributed by atoms with Crippen LogP contribution in [0, 0.1) is 29.7 Å². The predicted octanol–water partition coefficient (Wildman–Crippen LogP) is 12.2. The van der Waals surface area contributed by atoms with E-state index >= 15 is 0 Å². The molecule has 0 fully saturated rings. The van der Waals surface area contributed by atoms with E-state index in [-0.39, 0.29) is 59.9 Å². The largest absolute Gasteiger partial charge is 0.512 e. The number of benzene rings is 2. The van der Waals surface area contributed by atoms with Gasteiger partial charge in [0.2, 0.25) is 5.71 Å². The maximum atomic E-state index is 12.2. The van der Waals surface area contributed by atoms with Gasteiger partial charge in [0.05, 0.1) is 5.39 Å². The summed E-state index contributed by atoms with van der Waals surface area (Å²) in [6.45, 7) is 20.8. The van der Waals surface area contributed by atoms with Crippen molar-refractivity contribution in [3.05, 3.63) is 108 Å². The molecule has 2 atom stereocenters. The summed E-state index contributed by atoms with van der Waals surface area (Å²) in [6, 6.07) is 18.5. The second-order valence-corrected chi connectivity index (χ2v) is 15.4. The molecule has 0 amide bonds. The Hall–Kier alpha value is -3.73. The summed E-state index contributed by atoms with van der Waals surface area (Å²) in [6.07, 6.45) is 15.4. The van der Waals surface area contributed by atoms with Crippen molar-refractivity contribution in [2.45, 2.75) is 106 Å². The molecule has 0 spiro atoms. The van der Waals surface area contributed by atoms with Crippen molar-refractivity contribution >= 4 is 33.4 Å². The van der Waals surface area contributed by atoms with Crippen molar-refractivity contribution in [3.8, 4) is 11.3 Å². The van der Waals surface area contributed by atoms with E-state index in [2.05, 4.69) is 87.5 Å². The summed E-state index contributed by atoms with van der Waals surface area (Å²) in [5.74, 6) is 2.26. The van der Waals surface area contributed by atoms with E-state index in [0.717, 1.165) is 64.8 Å². The number of ketones is 1. The number of allylic oxidation sites excluding steroid dienone is 4. The Kier molecular flexibility index (Phi) is 12.5. The number of carbonyl (C=O) groups is 1. The van der Waals surface area contributed by atoms with E-state index in [4.69, 9.17) is 14.1 Å². The molecule has 6 heteroatoms. The van der Waals surface area contributed by atoms with E-state index in [1.165, 1.54) is 17.0 Å². The molecule has 273 valence electrons. The van der Waals surface area contributed by atoms with Gasteiger partial charge in [-0.2, -0.15) is 0 Å². The fourth-order valence-corrected chi connectivity index (χ4v) is 6.53. The Morgan fingerprint density at radius 3 is 2.18 bits per heavy atom. The molecule has 1 N–H and O–H groups in total. The van der Waals surface area contributed by atoms with E-state index in [9.17, 15) is 9.90 Å². The summed E-state index contributed by atoms with van der Waals surface area (Å²) < 4.78 is 12.3.